The van der Waals surface area contributed by atoms with Crippen LogP contribution in [0.4, 0.5) is 11.4 Å². The number of phenols is 2. The zero-order chi connectivity index (χ0) is 21.1. The van der Waals surface area contributed by atoms with Crippen molar-refractivity contribution in [3.63, 3.8) is 0 Å². The van der Waals surface area contributed by atoms with Crippen molar-refractivity contribution in [2.75, 3.05) is 11.5 Å². The van der Waals surface area contributed by atoms with E-state index in [0.717, 1.165) is 0 Å². The van der Waals surface area contributed by atoms with Crippen molar-refractivity contribution < 1.29 is 19.7 Å². The number of aromatic hydroxyl groups is 2. The van der Waals surface area contributed by atoms with Crippen molar-refractivity contribution in [3.8, 4) is 45.6 Å². The fraction of sp³-hybridized carbons (Fsp3) is 0. The Balaban J connectivity index is 1.86. The third-order valence-electron chi connectivity index (χ3n) is 4.48. The Morgan fingerprint density at radius 2 is 1.13 bits per heavy atom. The molecule has 0 atom stereocenters. The average molecular weight is 400 g/mol. The topological polar surface area (TPSA) is 111 Å². The summed E-state index contributed by atoms with van der Waals surface area (Å²) in [7, 11) is 0. The smallest absolute Gasteiger partial charge is 0.181 e. The van der Waals surface area contributed by atoms with E-state index in [4.69, 9.17) is 20.9 Å². The van der Waals surface area contributed by atoms with Gasteiger partial charge in [0.05, 0.1) is 5.56 Å². The maximum Gasteiger partial charge on any atom is 0.181 e. The Hall–Kier alpha value is -4.32. The second-order valence-corrected chi connectivity index (χ2v) is 6.65. The predicted octanol–water partition coefficient (Wildman–Crippen LogP) is 5.51. The number of nitrogens with two attached hydrogens (primary N) is 2. The number of ether oxygens (including phenoxy) is 2. The summed E-state index contributed by atoms with van der Waals surface area (Å²) in [5, 5.41) is 21.0. The highest BCUT2D eigenvalue weighted by Crippen LogP contribution is 2.49. The van der Waals surface area contributed by atoms with Crippen LogP contribution in [0.2, 0.25) is 0 Å². The normalized spacial score (nSPS) is 10.5. The van der Waals surface area contributed by atoms with Crippen LogP contribution in [0.3, 0.4) is 0 Å². The van der Waals surface area contributed by atoms with Crippen molar-refractivity contribution in [3.05, 3.63) is 84.9 Å². The van der Waals surface area contributed by atoms with E-state index in [9.17, 15) is 10.2 Å². The molecule has 0 amide bonds. The lowest BCUT2D eigenvalue weighted by Gasteiger charge is -2.18. The summed E-state index contributed by atoms with van der Waals surface area (Å²) in [6, 6.07) is 23.5. The second kappa shape index (κ2) is 7.97. The summed E-state index contributed by atoms with van der Waals surface area (Å²) >= 11 is 0. The number of hydrogen-bond acceptors (Lipinski definition) is 6. The lowest BCUT2D eigenvalue weighted by Crippen LogP contribution is -1.95. The van der Waals surface area contributed by atoms with Gasteiger partial charge in [-0.2, -0.15) is 0 Å². The van der Waals surface area contributed by atoms with Gasteiger partial charge in [-0.15, -0.1) is 0 Å². The van der Waals surface area contributed by atoms with E-state index in [0.29, 0.717) is 39.8 Å². The van der Waals surface area contributed by atoms with Crippen molar-refractivity contribution >= 4 is 11.4 Å². The highest BCUT2D eigenvalue weighted by atomic mass is 16.5. The molecule has 0 saturated heterocycles. The summed E-state index contributed by atoms with van der Waals surface area (Å²) in [5.74, 6) is 1.57. The number of benzene rings is 4. The van der Waals surface area contributed by atoms with E-state index in [1.165, 1.54) is 12.1 Å². The first-order valence-corrected chi connectivity index (χ1v) is 9.22. The van der Waals surface area contributed by atoms with Crippen LogP contribution in [0.15, 0.2) is 84.9 Å². The molecule has 0 spiro atoms. The molecule has 0 radical (unpaired) electrons. The summed E-state index contributed by atoms with van der Waals surface area (Å²) in [4.78, 5) is 0. The largest absolute Gasteiger partial charge is 0.507 e. The number of nitrogen functional groups attached to an aromatic ring is 2. The molecule has 0 saturated carbocycles. The molecule has 0 aliphatic heterocycles. The molecule has 0 bridgehead atoms. The molecule has 6 heteroatoms. The summed E-state index contributed by atoms with van der Waals surface area (Å²) < 4.78 is 12.1. The standard InChI is InChI=1S/C24H20N2O4/c25-15-5-9-17(10-6-15)29-22-14-13-21(28)23(19-3-1-2-4-20(19)27)24(22)30-18-11-7-16(26)8-12-18/h1-14,27-28H,25-26H2. The van der Waals surface area contributed by atoms with Gasteiger partial charge >= 0.3 is 0 Å². The van der Waals surface area contributed by atoms with E-state index in [1.807, 2.05) is 0 Å². The zero-order valence-corrected chi connectivity index (χ0v) is 15.9. The number of phenolic OH excluding ortho intramolecular Hbond substituents is 2. The maximum atomic E-state index is 10.6. The van der Waals surface area contributed by atoms with E-state index in [1.54, 1.807) is 72.8 Å². The number of rotatable bonds is 5. The van der Waals surface area contributed by atoms with E-state index in [-0.39, 0.29) is 17.2 Å². The Morgan fingerprint density at radius 3 is 1.73 bits per heavy atom. The van der Waals surface area contributed by atoms with Crippen LogP contribution in [-0.2, 0) is 0 Å². The minimum atomic E-state index is -0.0633. The molecule has 0 unspecified atom stereocenters. The lowest BCUT2D eigenvalue weighted by molar-refractivity contribution is 0.412. The number of anilines is 2. The van der Waals surface area contributed by atoms with Crippen molar-refractivity contribution in [1.29, 1.82) is 0 Å². The van der Waals surface area contributed by atoms with Gasteiger partial charge in [-0.05, 0) is 66.7 Å². The van der Waals surface area contributed by atoms with Crippen molar-refractivity contribution in [2.45, 2.75) is 0 Å². The van der Waals surface area contributed by atoms with Crippen molar-refractivity contribution in [1.82, 2.24) is 0 Å². The lowest BCUT2D eigenvalue weighted by atomic mass is 10.0. The van der Waals surface area contributed by atoms with Crippen LogP contribution in [0.1, 0.15) is 0 Å². The Bertz CT molecular complexity index is 1170. The third kappa shape index (κ3) is 3.93. The fourth-order valence-electron chi connectivity index (χ4n) is 3.00. The average Bonchev–Trinajstić information content (AvgIpc) is 2.74. The van der Waals surface area contributed by atoms with Gasteiger partial charge in [0.2, 0.25) is 0 Å². The first-order valence-electron chi connectivity index (χ1n) is 9.22. The van der Waals surface area contributed by atoms with Gasteiger partial charge in [-0.1, -0.05) is 18.2 Å². The Labute approximate surface area is 173 Å². The van der Waals surface area contributed by atoms with Gasteiger partial charge in [-0.25, -0.2) is 0 Å². The second-order valence-electron chi connectivity index (χ2n) is 6.65. The molecule has 30 heavy (non-hydrogen) atoms. The highest BCUT2D eigenvalue weighted by molar-refractivity contribution is 5.83. The molecular formula is C24H20N2O4. The molecule has 4 aromatic rings. The van der Waals surface area contributed by atoms with Gasteiger partial charge in [0, 0.05) is 16.9 Å². The van der Waals surface area contributed by atoms with Crippen LogP contribution in [0.5, 0.6) is 34.5 Å². The molecule has 6 nitrogen and oxygen atoms in total. The van der Waals surface area contributed by atoms with E-state index >= 15 is 0 Å². The summed E-state index contributed by atoms with van der Waals surface area (Å²) in [6.45, 7) is 0. The predicted molar refractivity (Wildman–Crippen MR) is 117 cm³/mol. The minimum Gasteiger partial charge on any atom is -0.507 e. The molecule has 0 aromatic heterocycles. The zero-order valence-electron chi connectivity index (χ0n) is 15.9. The van der Waals surface area contributed by atoms with Crippen LogP contribution in [0.25, 0.3) is 11.1 Å². The van der Waals surface area contributed by atoms with Crippen LogP contribution < -0.4 is 20.9 Å². The van der Waals surface area contributed by atoms with Crippen molar-refractivity contribution in [2.24, 2.45) is 0 Å². The molecular weight excluding hydrogens is 380 g/mol. The van der Waals surface area contributed by atoms with E-state index in [2.05, 4.69) is 0 Å². The number of para-hydroxylation sites is 1. The molecule has 4 rings (SSSR count). The summed E-state index contributed by atoms with van der Waals surface area (Å²) in [5.41, 5.74) is 13.4. The molecule has 150 valence electrons. The fourth-order valence-corrected chi connectivity index (χ4v) is 3.00. The van der Waals surface area contributed by atoms with Crippen LogP contribution >= 0.6 is 0 Å². The molecule has 6 N–H and O–H groups in total. The van der Waals surface area contributed by atoms with Crippen LogP contribution in [0, 0.1) is 0 Å². The minimum absolute atomic E-state index is 0.000379. The van der Waals surface area contributed by atoms with Gasteiger partial charge in [0.25, 0.3) is 0 Å². The molecule has 0 fully saturated rings. The van der Waals surface area contributed by atoms with Gasteiger partial charge in [0.15, 0.2) is 11.5 Å². The summed E-state index contributed by atoms with van der Waals surface area (Å²) in [6.07, 6.45) is 0. The number of hydrogen-bond donors (Lipinski definition) is 4. The third-order valence-corrected chi connectivity index (χ3v) is 4.48. The first-order chi connectivity index (χ1) is 14.5. The van der Waals surface area contributed by atoms with Crippen LogP contribution in [-0.4, -0.2) is 10.2 Å². The maximum absolute atomic E-state index is 10.6. The Kier molecular flexibility index (Phi) is 5.05. The van der Waals surface area contributed by atoms with Gasteiger partial charge < -0.3 is 31.2 Å². The quantitative estimate of drug-likeness (QED) is 0.329. The monoisotopic (exact) mass is 400 g/mol. The molecule has 4 aromatic carbocycles. The van der Waals surface area contributed by atoms with E-state index < -0.39 is 0 Å². The highest BCUT2D eigenvalue weighted by Gasteiger charge is 2.21. The molecule has 0 heterocycles. The molecule has 0 aliphatic carbocycles. The first kappa shape index (κ1) is 19.0. The van der Waals surface area contributed by atoms with Gasteiger partial charge in [-0.3, -0.25) is 0 Å². The SMILES string of the molecule is Nc1ccc(Oc2ccc(O)c(-c3ccccc3O)c2Oc2ccc(N)cc2)cc1. The Morgan fingerprint density at radius 1 is 0.567 bits per heavy atom. The van der Waals surface area contributed by atoms with Gasteiger partial charge in [0.1, 0.15) is 23.0 Å². The molecule has 0 aliphatic rings.